The van der Waals surface area contributed by atoms with Gasteiger partial charge in [-0.2, -0.15) is 18.3 Å². The van der Waals surface area contributed by atoms with Crippen LogP contribution in [0.1, 0.15) is 28.1 Å². The van der Waals surface area contributed by atoms with Gasteiger partial charge in [0, 0.05) is 29.3 Å². The van der Waals surface area contributed by atoms with Crippen molar-refractivity contribution in [3.8, 4) is 5.82 Å². The molecule has 0 fully saturated rings. The highest BCUT2D eigenvalue weighted by atomic mass is 19.4. The Morgan fingerprint density at radius 1 is 1.04 bits per heavy atom. The van der Waals surface area contributed by atoms with Gasteiger partial charge >= 0.3 is 6.18 Å². The quantitative estimate of drug-likeness (QED) is 0.535. The predicted molar refractivity (Wildman–Crippen MR) is 98.2 cm³/mol. The van der Waals surface area contributed by atoms with E-state index in [9.17, 15) is 13.2 Å². The molecule has 0 atom stereocenters. The fraction of sp³-hybridized carbons (Fsp3) is 0.211. The summed E-state index contributed by atoms with van der Waals surface area (Å²) >= 11 is 0. The molecule has 0 aliphatic heterocycles. The molecule has 27 heavy (non-hydrogen) atoms. The van der Waals surface area contributed by atoms with Gasteiger partial charge in [0.15, 0.2) is 0 Å². The normalized spacial score (nSPS) is 11.9. The molecule has 0 bridgehead atoms. The second kappa shape index (κ2) is 7.22. The van der Waals surface area contributed by atoms with E-state index in [0.29, 0.717) is 0 Å². The summed E-state index contributed by atoms with van der Waals surface area (Å²) < 4.78 is 39.6. The highest BCUT2D eigenvalue weighted by Gasteiger charge is 2.30. The minimum absolute atomic E-state index is 0.230. The number of aromatic nitrogens is 3. The Morgan fingerprint density at radius 2 is 1.81 bits per heavy atom. The van der Waals surface area contributed by atoms with Gasteiger partial charge in [0.2, 0.25) is 0 Å². The molecule has 140 valence electrons. The summed E-state index contributed by atoms with van der Waals surface area (Å²) in [5, 5.41) is 4.07. The van der Waals surface area contributed by atoms with Crippen LogP contribution in [0.3, 0.4) is 0 Å². The van der Waals surface area contributed by atoms with E-state index >= 15 is 0 Å². The Labute approximate surface area is 154 Å². The van der Waals surface area contributed by atoms with Crippen LogP contribution in [0.2, 0.25) is 0 Å². The summed E-state index contributed by atoms with van der Waals surface area (Å²) in [6.45, 7) is 5.90. The van der Waals surface area contributed by atoms with Gasteiger partial charge in [-0.25, -0.2) is 9.97 Å². The van der Waals surface area contributed by atoms with Gasteiger partial charge in [-0.05, 0) is 50.6 Å². The molecule has 8 heteroatoms. The maximum atomic E-state index is 12.5. The van der Waals surface area contributed by atoms with Crippen molar-refractivity contribution in [1.29, 1.82) is 0 Å². The number of rotatable bonds is 4. The van der Waals surface area contributed by atoms with Gasteiger partial charge in [0.1, 0.15) is 11.6 Å². The molecule has 0 radical (unpaired) electrons. The van der Waals surface area contributed by atoms with Gasteiger partial charge in [-0.3, -0.25) is 5.43 Å². The third-order valence-electron chi connectivity index (χ3n) is 4.07. The van der Waals surface area contributed by atoms with Crippen LogP contribution in [0.5, 0.6) is 0 Å². The second-order valence-electron chi connectivity index (χ2n) is 6.16. The number of nitrogens with zero attached hydrogens (tertiary/aromatic N) is 4. The van der Waals surface area contributed by atoms with Crippen LogP contribution < -0.4 is 5.43 Å². The average molecular weight is 373 g/mol. The van der Waals surface area contributed by atoms with Crippen molar-refractivity contribution in [3.05, 3.63) is 70.8 Å². The molecule has 0 unspecified atom stereocenters. The lowest BCUT2D eigenvalue weighted by Gasteiger charge is -2.08. The van der Waals surface area contributed by atoms with E-state index in [1.54, 1.807) is 12.4 Å². The average Bonchev–Trinajstić information content (AvgIpc) is 2.89. The predicted octanol–water partition coefficient (Wildman–Crippen LogP) is 4.66. The van der Waals surface area contributed by atoms with Crippen molar-refractivity contribution >= 4 is 12.0 Å². The fourth-order valence-electron chi connectivity index (χ4n) is 2.66. The summed E-state index contributed by atoms with van der Waals surface area (Å²) in [6.07, 6.45) is -0.227. The molecule has 3 aromatic heterocycles. The minimum atomic E-state index is -4.41. The summed E-state index contributed by atoms with van der Waals surface area (Å²) in [5.41, 5.74) is 5.74. The highest BCUT2D eigenvalue weighted by Crippen LogP contribution is 2.28. The van der Waals surface area contributed by atoms with Crippen LogP contribution in [0.25, 0.3) is 5.82 Å². The SMILES string of the molecule is Cc1ccc(-n2c(C)cc(/C=N\Nc3ccc(C(F)(F)F)cn3)c2C)nc1. The highest BCUT2D eigenvalue weighted by molar-refractivity contribution is 5.82. The first-order valence-electron chi connectivity index (χ1n) is 8.20. The lowest BCUT2D eigenvalue weighted by molar-refractivity contribution is -0.137. The third-order valence-corrected chi connectivity index (χ3v) is 4.07. The fourth-order valence-corrected chi connectivity index (χ4v) is 2.66. The standard InChI is InChI=1S/C19H18F3N5/c1-12-4-7-18(24-9-12)27-13(2)8-15(14(27)3)10-25-26-17-6-5-16(11-23-17)19(20,21)22/h4-11H,1-3H3,(H,23,26)/b25-10-. The number of aryl methyl sites for hydroxylation is 2. The van der Waals surface area contributed by atoms with Crippen LogP contribution in [0.4, 0.5) is 19.0 Å². The Hall–Kier alpha value is -3.16. The number of alkyl halides is 3. The van der Waals surface area contributed by atoms with E-state index in [-0.39, 0.29) is 5.82 Å². The molecule has 1 N–H and O–H groups in total. The van der Waals surface area contributed by atoms with E-state index in [0.717, 1.165) is 40.6 Å². The largest absolute Gasteiger partial charge is 0.417 e. The van der Waals surface area contributed by atoms with E-state index < -0.39 is 11.7 Å². The van der Waals surface area contributed by atoms with Crippen molar-refractivity contribution in [2.24, 2.45) is 5.10 Å². The van der Waals surface area contributed by atoms with Crippen LogP contribution in [0.15, 0.2) is 47.8 Å². The first-order valence-corrected chi connectivity index (χ1v) is 8.20. The zero-order valence-electron chi connectivity index (χ0n) is 15.0. The molecule has 0 aliphatic carbocycles. The smallest absolute Gasteiger partial charge is 0.303 e. The summed E-state index contributed by atoms with van der Waals surface area (Å²) in [7, 11) is 0. The molecule has 5 nitrogen and oxygen atoms in total. The number of hydrogen-bond donors (Lipinski definition) is 1. The van der Waals surface area contributed by atoms with E-state index in [1.807, 2.05) is 43.5 Å². The van der Waals surface area contributed by atoms with Crippen molar-refractivity contribution in [2.75, 3.05) is 5.43 Å². The van der Waals surface area contributed by atoms with Crippen molar-refractivity contribution in [3.63, 3.8) is 0 Å². The molecule has 0 amide bonds. The Bertz CT molecular complexity index is 955. The zero-order valence-corrected chi connectivity index (χ0v) is 15.0. The molecular formula is C19H18F3N5. The van der Waals surface area contributed by atoms with Crippen LogP contribution >= 0.6 is 0 Å². The Balaban J connectivity index is 1.76. The maximum Gasteiger partial charge on any atom is 0.417 e. The van der Waals surface area contributed by atoms with E-state index in [4.69, 9.17) is 0 Å². The molecule has 3 aromatic rings. The molecule has 0 aliphatic rings. The van der Waals surface area contributed by atoms with E-state index in [1.165, 1.54) is 6.07 Å². The Kier molecular flexibility index (Phi) is 4.98. The van der Waals surface area contributed by atoms with Gasteiger partial charge in [0.05, 0.1) is 11.8 Å². The summed E-state index contributed by atoms with van der Waals surface area (Å²) in [5.74, 6) is 1.04. The van der Waals surface area contributed by atoms with Gasteiger partial charge in [-0.1, -0.05) is 6.07 Å². The molecule has 0 saturated carbocycles. The number of pyridine rings is 2. The molecule has 3 rings (SSSR count). The van der Waals surface area contributed by atoms with Crippen LogP contribution in [-0.4, -0.2) is 20.7 Å². The van der Waals surface area contributed by atoms with Gasteiger partial charge in [-0.15, -0.1) is 0 Å². The minimum Gasteiger partial charge on any atom is -0.303 e. The van der Waals surface area contributed by atoms with Crippen LogP contribution in [0, 0.1) is 20.8 Å². The first-order chi connectivity index (χ1) is 12.8. The molecule has 0 aromatic carbocycles. The summed E-state index contributed by atoms with van der Waals surface area (Å²) in [4.78, 5) is 8.16. The van der Waals surface area contributed by atoms with E-state index in [2.05, 4.69) is 20.5 Å². The number of nitrogens with one attached hydrogen (secondary N) is 1. The molecule has 0 spiro atoms. The molecule has 3 heterocycles. The van der Waals surface area contributed by atoms with Gasteiger partial charge < -0.3 is 4.57 Å². The maximum absolute atomic E-state index is 12.5. The zero-order chi connectivity index (χ0) is 19.6. The number of anilines is 1. The summed E-state index contributed by atoms with van der Waals surface area (Å²) in [6, 6.07) is 8.09. The van der Waals surface area contributed by atoms with Crippen molar-refractivity contribution in [2.45, 2.75) is 26.9 Å². The lowest BCUT2D eigenvalue weighted by Crippen LogP contribution is -2.05. The second-order valence-corrected chi connectivity index (χ2v) is 6.16. The number of hydrazone groups is 1. The third kappa shape index (κ3) is 4.16. The number of halogens is 3. The molecule has 0 saturated heterocycles. The van der Waals surface area contributed by atoms with Crippen LogP contribution in [-0.2, 0) is 6.18 Å². The first kappa shape index (κ1) is 18.6. The molecular weight excluding hydrogens is 355 g/mol. The lowest BCUT2D eigenvalue weighted by atomic mass is 10.2. The Morgan fingerprint density at radius 3 is 2.41 bits per heavy atom. The monoisotopic (exact) mass is 373 g/mol. The van der Waals surface area contributed by atoms with Crippen molar-refractivity contribution in [1.82, 2.24) is 14.5 Å². The van der Waals surface area contributed by atoms with Gasteiger partial charge in [0.25, 0.3) is 0 Å². The topological polar surface area (TPSA) is 55.1 Å². The van der Waals surface area contributed by atoms with Crippen molar-refractivity contribution < 1.29 is 13.2 Å². The number of hydrogen-bond acceptors (Lipinski definition) is 4.